The first-order chi connectivity index (χ1) is 3.13. The van der Waals surface area contributed by atoms with E-state index in [0.29, 0.717) is 0 Å². The monoisotopic (exact) mass is 107 g/mol. The standard InChI is InChI=1S/C4H7F2N/c1-3-4(5,6)2-7-3/h3,7H,2H2,1H3/t3-/m1/s1. The van der Waals surface area contributed by atoms with E-state index in [2.05, 4.69) is 5.32 Å². The van der Waals surface area contributed by atoms with Gasteiger partial charge in [0, 0.05) is 0 Å². The molecule has 0 spiro atoms. The Bertz CT molecular complexity index is 81.8. The third-order valence-corrected chi connectivity index (χ3v) is 1.28. The average Bonchev–Trinajstić information content (AvgIpc) is 1.63. The fraction of sp³-hybridized carbons (Fsp3) is 1.00. The van der Waals surface area contributed by atoms with Crippen molar-refractivity contribution in [2.75, 3.05) is 6.54 Å². The van der Waals surface area contributed by atoms with Gasteiger partial charge in [0.2, 0.25) is 0 Å². The lowest BCUT2D eigenvalue weighted by molar-refractivity contribution is -0.0880. The van der Waals surface area contributed by atoms with Crippen molar-refractivity contribution >= 4 is 0 Å². The zero-order valence-electron chi connectivity index (χ0n) is 4.04. The van der Waals surface area contributed by atoms with E-state index >= 15 is 0 Å². The molecular formula is C4H7F2N. The van der Waals surface area contributed by atoms with Crippen LogP contribution in [0.3, 0.4) is 0 Å². The molecule has 0 bridgehead atoms. The first-order valence-corrected chi connectivity index (χ1v) is 2.24. The van der Waals surface area contributed by atoms with Crippen molar-refractivity contribution < 1.29 is 8.78 Å². The molecule has 1 N–H and O–H groups in total. The van der Waals surface area contributed by atoms with Gasteiger partial charge in [-0.2, -0.15) is 0 Å². The normalized spacial score (nSPS) is 37.3. The molecule has 1 heterocycles. The van der Waals surface area contributed by atoms with Gasteiger partial charge in [-0.25, -0.2) is 8.78 Å². The second-order valence-corrected chi connectivity index (χ2v) is 1.86. The molecular weight excluding hydrogens is 100 g/mol. The highest BCUT2D eigenvalue weighted by Gasteiger charge is 2.44. The molecule has 0 aliphatic carbocycles. The average molecular weight is 107 g/mol. The van der Waals surface area contributed by atoms with Gasteiger partial charge in [0.25, 0.3) is 5.92 Å². The summed E-state index contributed by atoms with van der Waals surface area (Å²) in [4.78, 5) is 0. The topological polar surface area (TPSA) is 12.0 Å². The molecule has 3 heteroatoms. The first kappa shape index (κ1) is 4.97. The van der Waals surface area contributed by atoms with Crippen LogP contribution in [-0.2, 0) is 0 Å². The molecule has 1 saturated heterocycles. The molecule has 1 atom stereocenters. The molecule has 1 nitrogen and oxygen atoms in total. The molecule has 0 aromatic carbocycles. The van der Waals surface area contributed by atoms with Crippen LogP contribution in [0.1, 0.15) is 6.92 Å². The minimum Gasteiger partial charge on any atom is -0.303 e. The minimum absolute atomic E-state index is 0.145. The van der Waals surface area contributed by atoms with Gasteiger partial charge < -0.3 is 5.32 Å². The van der Waals surface area contributed by atoms with Crippen LogP contribution in [0, 0.1) is 0 Å². The lowest BCUT2D eigenvalue weighted by Crippen LogP contribution is -2.60. The molecule has 0 unspecified atom stereocenters. The molecule has 42 valence electrons. The van der Waals surface area contributed by atoms with Gasteiger partial charge in [0.1, 0.15) is 0 Å². The Morgan fingerprint density at radius 1 is 1.71 bits per heavy atom. The van der Waals surface area contributed by atoms with Crippen molar-refractivity contribution in [3.05, 3.63) is 0 Å². The molecule has 0 saturated carbocycles. The highest BCUT2D eigenvalue weighted by Crippen LogP contribution is 2.24. The SMILES string of the molecule is C[C@H]1NCC1(F)F. The third-order valence-electron chi connectivity index (χ3n) is 1.28. The van der Waals surface area contributed by atoms with E-state index in [0.717, 1.165) is 0 Å². The molecule has 1 rings (SSSR count). The summed E-state index contributed by atoms with van der Waals surface area (Å²) in [6.45, 7) is 1.33. The summed E-state index contributed by atoms with van der Waals surface area (Å²) >= 11 is 0. The van der Waals surface area contributed by atoms with Crippen LogP contribution in [0.25, 0.3) is 0 Å². The molecule has 1 aliphatic heterocycles. The highest BCUT2D eigenvalue weighted by atomic mass is 19.3. The van der Waals surface area contributed by atoms with Crippen LogP contribution in [-0.4, -0.2) is 18.5 Å². The highest BCUT2D eigenvalue weighted by molar-refractivity contribution is 4.91. The zero-order valence-corrected chi connectivity index (χ0v) is 4.04. The van der Waals surface area contributed by atoms with Crippen LogP contribution in [0.5, 0.6) is 0 Å². The predicted molar refractivity (Wildman–Crippen MR) is 22.4 cm³/mol. The lowest BCUT2D eigenvalue weighted by atomic mass is 10.1. The van der Waals surface area contributed by atoms with Gasteiger partial charge in [0.15, 0.2) is 0 Å². The Kier molecular flexibility index (Phi) is 0.819. The Morgan fingerprint density at radius 3 is 2.14 bits per heavy atom. The molecule has 0 aromatic rings. The molecule has 0 aromatic heterocycles. The quantitative estimate of drug-likeness (QED) is 0.478. The van der Waals surface area contributed by atoms with E-state index in [1.807, 2.05) is 0 Å². The van der Waals surface area contributed by atoms with Crippen LogP contribution in [0.4, 0.5) is 8.78 Å². The second kappa shape index (κ2) is 1.15. The van der Waals surface area contributed by atoms with Gasteiger partial charge in [-0.1, -0.05) is 0 Å². The first-order valence-electron chi connectivity index (χ1n) is 2.24. The Labute approximate surface area is 40.7 Å². The van der Waals surface area contributed by atoms with E-state index < -0.39 is 12.0 Å². The molecule has 1 fully saturated rings. The number of hydrogen-bond acceptors (Lipinski definition) is 1. The summed E-state index contributed by atoms with van der Waals surface area (Å²) in [5, 5.41) is 2.55. The largest absolute Gasteiger partial charge is 0.303 e. The van der Waals surface area contributed by atoms with Crippen molar-refractivity contribution in [1.29, 1.82) is 0 Å². The number of halogens is 2. The molecule has 0 radical (unpaired) electrons. The van der Waals surface area contributed by atoms with Crippen molar-refractivity contribution in [3.63, 3.8) is 0 Å². The van der Waals surface area contributed by atoms with E-state index in [1.165, 1.54) is 6.92 Å². The van der Waals surface area contributed by atoms with E-state index in [-0.39, 0.29) is 6.54 Å². The van der Waals surface area contributed by atoms with Crippen LogP contribution >= 0.6 is 0 Å². The predicted octanol–water partition coefficient (Wildman–Crippen LogP) is 0.613. The number of rotatable bonds is 0. The number of nitrogens with one attached hydrogen (secondary N) is 1. The van der Waals surface area contributed by atoms with Crippen molar-refractivity contribution in [3.8, 4) is 0 Å². The third kappa shape index (κ3) is 0.608. The smallest absolute Gasteiger partial charge is 0.274 e. The number of alkyl halides is 2. The maximum absolute atomic E-state index is 11.9. The molecule has 1 aliphatic rings. The fourth-order valence-corrected chi connectivity index (χ4v) is 0.460. The van der Waals surface area contributed by atoms with Crippen LogP contribution < -0.4 is 5.32 Å². The summed E-state index contributed by atoms with van der Waals surface area (Å²) in [5.41, 5.74) is 0. The summed E-state index contributed by atoms with van der Waals surface area (Å²) in [5.74, 6) is -2.43. The summed E-state index contributed by atoms with van der Waals surface area (Å²) in [6.07, 6.45) is 0. The van der Waals surface area contributed by atoms with E-state index in [9.17, 15) is 8.78 Å². The fourth-order valence-electron chi connectivity index (χ4n) is 0.460. The van der Waals surface area contributed by atoms with E-state index in [4.69, 9.17) is 0 Å². The molecule has 0 amide bonds. The zero-order chi connectivity index (χ0) is 5.49. The maximum atomic E-state index is 11.9. The second-order valence-electron chi connectivity index (χ2n) is 1.86. The minimum atomic E-state index is -2.43. The molecule has 7 heavy (non-hydrogen) atoms. The van der Waals surface area contributed by atoms with E-state index in [1.54, 1.807) is 0 Å². The Morgan fingerprint density at radius 2 is 2.14 bits per heavy atom. The number of hydrogen-bond donors (Lipinski definition) is 1. The van der Waals surface area contributed by atoms with Gasteiger partial charge in [-0.05, 0) is 6.92 Å². The van der Waals surface area contributed by atoms with Gasteiger partial charge in [-0.15, -0.1) is 0 Å². The van der Waals surface area contributed by atoms with Gasteiger partial charge >= 0.3 is 0 Å². The lowest BCUT2D eigenvalue weighted by Gasteiger charge is -2.34. The summed E-state index contributed by atoms with van der Waals surface area (Å²) < 4.78 is 23.7. The van der Waals surface area contributed by atoms with Crippen molar-refractivity contribution in [1.82, 2.24) is 5.32 Å². The van der Waals surface area contributed by atoms with Gasteiger partial charge in [-0.3, -0.25) is 0 Å². The summed E-state index contributed by atoms with van der Waals surface area (Å²) in [7, 11) is 0. The van der Waals surface area contributed by atoms with Crippen molar-refractivity contribution in [2.24, 2.45) is 0 Å². The summed E-state index contributed by atoms with van der Waals surface area (Å²) in [6, 6.07) is -0.604. The maximum Gasteiger partial charge on any atom is 0.274 e. The van der Waals surface area contributed by atoms with Crippen LogP contribution in [0.2, 0.25) is 0 Å². The van der Waals surface area contributed by atoms with Crippen molar-refractivity contribution in [2.45, 2.75) is 18.9 Å². The van der Waals surface area contributed by atoms with Gasteiger partial charge in [0.05, 0.1) is 12.6 Å². The Balaban J connectivity index is 2.43. The van der Waals surface area contributed by atoms with Crippen LogP contribution in [0.15, 0.2) is 0 Å². The Hall–Kier alpha value is -0.180.